The van der Waals surface area contributed by atoms with E-state index >= 15 is 0 Å². The summed E-state index contributed by atoms with van der Waals surface area (Å²) in [6.45, 7) is 3.43. The number of halogens is 2. The molecular weight excluding hydrogens is 461 g/mol. The van der Waals surface area contributed by atoms with Crippen LogP contribution in [0.4, 0.5) is 4.39 Å². The Morgan fingerprint density at radius 3 is 2.65 bits per heavy atom. The van der Waals surface area contributed by atoms with Crippen molar-refractivity contribution in [2.45, 2.75) is 34.6 Å². The van der Waals surface area contributed by atoms with Crippen molar-refractivity contribution in [2.75, 3.05) is 20.6 Å². The molecule has 0 aliphatic rings. The van der Waals surface area contributed by atoms with E-state index < -0.39 is 0 Å². The van der Waals surface area contributed by atoms with E-state index in [1.165, 1.54) is 35.7 Å². The van der Waals surface area contributed by atoms with Crippen LogP contribution in [0.3, 0.4) is 0 Å². The number of nitrogens with zero attached hydrogens (tertiary/aromatic N) is 9. The Kier molecular flexibility index (Phi) is 7.81. The van der Waals surface area contributed by atoms with Crippen molar-refractivity contribution in [3.05, 3.63) is 47.4 Å². The highest BCUT2D eigenvalue weighted by Crippen LogP contribution is 2.27. The summed E-state index contributed by atoms with van der Waals surface area (Å²) in [5.74, 6) is 0.914. The molecule has 0 N–H and O–H groups in total. The van der Waals surface area contributed by atoms with Gasteiger partial charge in [-0.2, -0.15) is 9.50 Å². The largest absolute Gasteiger partial charge is 0.308 e. The zero-order valence-electron chi connectivity index (χ0n) is 17.1. The minimum atomic E-state index is -0.246. The lowest BCUT2D eigenvalue weighted by molar-refractivity contribution is 0.361. The molecule has 164 valence electrons. The van der Waals surface area contributed by atoms with Crippen LogP contribution in [0.15, 0.2) is 45.7 Å². The third-order valence-electron chi connectivity index (χ3n) is 4.12. The predicted octanol–water partition coefficient (Wildman–Crippen LogP) is 2.99. The van der Waals surface area contributed by atoms with Crippen molar-refractivity contribution < 1.29 is 4.39 Å². The van der Waals surface area contributed by atoms with E-state index in [0.29, 0.717) is 28.4 Å². The Hall–Kier alpha value is -2.28. The van der Waals surface area contributed by atoms with Crippen LogP contribution in [-0.2, 0) is 12.3 Å². The number of fused-ring (bicyclic) bond motifs is 1. The first-order valence-corrected chi connectivity index (χ1v) is 11.0. The fourth-order valence-corrected chi connectivity index (χ4v) is 4.31. The van der Waals surface area contributed by atoms with E-state index in [1.54, 1.807) is 21.3 Å². The van der Waals surface area contributed by atoms with Gasteiger partial charge in [0, 0.05) is 18.0 Å². The van der Waals surface area contributed by atoms with E-state index in [2.05, 4.69) is 35.5 Å². The highest BCUT2D eigenvalue weighted by atomic mass is 35.5. The Labute approximate surface area is 193 Å². The lowest BCUT2D eigenvalue weighted by Gasteiger charge is -2.10. The topological polar surface area (TPSA) is 89.9 Å². The van der Waals surface area contributed by atoms with E-state index in [-0.39, 0.29) is 18.2 Å². The monoisotopic (exact) mass is 481 g/mol. The van der Waals surface area contributed by atoms with Crippen LogP contribution in [-0.4, -0.2) is 65.3 Å². The standard InChI is InChI=1S/C18H20FN9S2.ClH/c1-12-10-15(30-18-22-24-25-27(18)9-8-26(2)3)28-16(20-12)21-17(23-28)29-11-13-4-6-14(19)7-5-13;/h4-7,10H,8-9,11H2,1-3H3;1H. The quantitative estimate of drug-likeness (QED) is 0.278. The van der Waals surface area contributed by atoms with Crippen LogP contribution in [0.25, 0.3) is 5.78 Å². The molecule has 0 fully saturated rings. The molecule has 0 saturated carbocycles. The van der Waals surface area contributed by atoms with Gasteiger partial charge < -0.3 is 4.90 Å². The van der Waals surface area contributed by atoms with Gasteiger partial charge >= 0.3 is 0 Å². The van der Waals surface area contributed by atoms with Crippen molar-refractivity contribution in [1.82, 2.24) is 44.7 Å². The van der Waals surface area contributed by atoms with Gasteiger partial charge in [-0.05, 0) is 67.0 Å². The number of aromatic nitrogens is 8. The summed E-state index contributed by atoms with van der Waals surface area (Å²) < 4.78 is 16.6. The number of likely N-dealkylation sites (N-methyl/N-ethyl adjacent to an activating group) is 1. The van der Waals surface area contributed by atoms with E-state index in [4.69, 9.17) is 0 Å². The molecule has 0 aliphatic heterocycles. The second-order valence-corrected chi connectivity index (χ2v) is 8.78. The number of rotatable bonds is 8. The molecule has 1 aromatic carbocycles. The number of hydrogen-bond donors (Lipinski definition) is 0. The Balaban J connectivity index is 0.00000272. The van der Waals surface area contributed by atoms with E-state index in [9.17, 15) is 4.39 Å². The van der Waals surface area contributed by atoms with Gasteiger partial charge in [-0.1, -0.05) is 23.9 Å². The van der Waals surface area contributed by atoms with Gasteiger partial charge in [-0.3, -0.25) is 0 Å². The first kappa shape index (κ1) is 23.4. The van der Waals surface area contributed by atoms with Crippen LogP contribution in [0.5, 0.6) is 0 Å². The number of tetrazole rings is 1. The maximum absolute atomic E-state index is 13.1. The van der Waals surface area contributed by atoms with Gasteiger partial charge in [0.05, 0.1) is 6.54 Å². The van der Waals surface area contributed by atoms with Gasteiger partial charge in [0.2, 0.25) is 10.3 Å². The van der Waals surface area contributed by atoms with Gasteiger partial charge in [0.25, 0.3) is 5.78 Å². The molecule has 0 saturated heterocycles. The zero-order chi connectivity index (χ0) is 21.1. The molecule has 3 heterocycles. The molecule has 0 radical (unpaired) electrons. The zero-order valence-corrected chi connectivity index (χ0v) is 19.6. The first-order valence-electron chi connectivity index (χ1n) is 9.18. The molecule has 3 aromatic heterocycles. The van der Waals surface area contributed by atoms with Crippen LogP contribution >= 0.6 is 35.9 Å². The fraction of sp³-hybridized carbons (Fsp3) is 0.333. The average molecular weight is 482 g/mol. The highest BCUT2D eigenvalue weighted by molar-refractivity contribution is 7.99. The van der Waals surface area contributed by atoms with Crippen molar-refractivity contribution in [1.29, 1.82) is 0 Å². The highest BCUT2D eigenvalue weighted by Gasteiger charge is 2.15. The average Bonchev–Trinajstić information content (AvgIpc) is 3.32. The normalized spacial score (nSPS) is 11.3. The van der Waals surface area contributed by atoms with Gasteiger partial charge in [-0.25, -0.2) is 14.1 Å². The van der Waals surface area contributed by atoms with Crippen molar-refractivity contribution in [2.24, 2.45) is 0 Å². The Morgan fingerprint density at radius 1 is 1.13 bits per heavy atom. The summed E-state index contributed by atoms with van der Waals surface area (Å²) in [4.78, 5) is 11.1. The SMILES string of the molecule is Cc1cc(Sc2nnnn2CCN(C)C)n2nc(SCc3ccc(F)cc3)nc2n1.Cl. The minimum Gasteiger partial charge on any atom is -0.308 e. The second-order valence-electron chi connectivity index (χ2n) is 6.85. The predicted molar refractivity (Wildman–Crippen MR) is 119 cm³/mol. The number of thioether (sulfide) groups is 1. The molecule has 9 nitrogen and oxygen atoms in total. The van der Waals surface area contributed by atoms with Gasteiger partial charge in [0.1, 0.15) is 10.8 Å². The van der Waals surface area contributed by atoms with Crippen LogP contribution in [0, 0.1) is 12.7 Å². The molecule has 4 aromatic rings. The number of benzene rings is 1. The van der Waals surface area contributed by atoms with E-state index in [1.807, 2.05) is 27.1 Å². The maximum atomic E-state index is 13.1. The number of hydrogen-bond acceptors (Lipinski definition) is 9. The van der Waals surface area contributed by atoms with Crippen LogP contribution in [0.2, 0.25) is 0 Å². The summed E-state index contributed by atoms with van der Waals surface area (Å²) in [6, 6.07) is 8.36. The van der Waals surface area contributed by atoms with E-state index in [0.717, 1.165) is 22.8 Å². The molecule has 0 amide bonds. The third kappa shape index (κ3) is 5.91. The smallest absolute Gasteiger partial charge is 0.254 e. The Bertz CT molecular complexity index is 1150. The summed E-state index contributed by atoms with van der Waals surface area (Å²) in [6.07, 6.45) is 0. The molecule has 0 atom stereocenters. The summed E-state index contributed by atoms with van der Waals surface area (Å²) >= 11 is 2.90. The molecule has 0 spiro atoms. The van der Waals surface area contributed by atoms with Crippen molar-refractivity contribution in [3.63, 3.8) is 0 Å². The second kappa shape index (κ2) is 10.4. The lowest BCUT2D eigenvalue weighted by Crippen LogP contribution is -2.19. The fourth-order valence-electron chi connectivity index (χ4n) is 2.60. The van der Waals surface area contributed by atoms with Crippen LogP contribution in [0.1, 0.15) is 11.3 Å². The Morgan fingerprint density at radius 2 is 1.90 bits per heavy atom. The van der Waals surface area contributed by atoms with Crippen molar-refractivity contribution in [3.8, 4) is 0 Å². The summed E-state index contributed by atoms with van der Waals surface area (Å²) in [7, 11) is 4.01. The molecule has 0 aliphatic carbocycles. The molecule has 31 heavy (non-hydrogen) atoms. The number of aryl methyl sites for hydroxylation is 1. The van der Waals surface area contributed by atoms with Crippen LogP contribution < -0.4 is 0 Å². The lowest BCUT2D eigenvalue weighted by atomic mass is 10.2. The van der Waals surface area contributed by atoms with Crippen molar-refractivity contribution >= 4 is 41.7 Å². The molecule has 0 bridgehead atoms. The molecule has 13 heteroatoms. The maximum Gasteiger partial charge on any atom is 0.254 e. The first-order chi connectivity index (χ1) is 14.5. The van der Waals surface area contributed by atoms with Gasteiger partial charge in [0.15, 0.2) is 0 Å². The molecular formula is C18H21ClFN9S2. The third-order valence-corrected chi connectivity index (χ3v) is 6.01. The molecule has 0 unspecified atom stereocenters. The summed E-state index contributed by atoms with van der Waals surface area (Å²) in [5.41, 5.74) is 1.83. The minimum absolute atomic E-state index is 0. The molecule has 4 rings (SSSR count). The van der Waals surface area contributed by atoms with Gasteiger partial charge in [-0.15, -0.1) is 22.6 Å². The summed E-state index contributed by atoms with van der Waals surface area (Å²) in [5, 5.41) is 18.7.